The fourth-order valence-corrected chi connectivity index (χ4v) is 6.34. The van der Waals surface area contributed by atoms with Gasteiger partial charge in [-0.3, -0.25) is 14.2 Å². The topological polar surface area (TPSA) is 121 Å². The van der Waals surface area contributed by atoms with Crippen LogP contribution >= 0.6 is 34.8 Å². The highest BCUT2D eigenvalue weighted by Gasteiger charge is 2.18. The van der Waals surface area contributed by atoms with E-state index >= 15 is 0 Å². The van der Waals surface area contributed by atoms with Crippen LogP contribution in [-0.4, -0.2) is 22.7 Å². The molecule has 39 heavy (non-hydrogen) atoms. The summed E-state index contributed by atoms with van der Waals surface area (Å²) in [6.07, 6.45) is 0. The highest BCUT2D eigenvalue weighted by atomic mass is 35.5. The maximum atomic E-state index is 12.7. The molecule has 4 aromatic carbocycles. The van der Waals surface area contributed by atoms with Gasteiger partial charge in [0.15, 0.2) is 0 Å². The summed E-state index contributed by atoms with van der Waals surface area (Å²) in [4.78, 5) is 12.8. The molecular weight excluding hydrogens is 605 g/mol. The Morgan fingerprint density at radius 1 is 0.641 bits per heavy atom. The van der Waals surface area contributed by atoms with E-state index in [1.54, 1.807) is 12.1 Å². The van der Waals surface area contributed by atoms with Crippen molar-refractivity contribution in [3.05, 3.63) is 111 Å². The number of halogens is 3. The van der Waals surface area contributed by atoms with Crippen molar-refractivity contribution in [1.82, 2.24) is 0 Å². The molecule has 0 atom stereocenters. The second-order valence-electron chi connectivity index (χ2n) is 8.36. The highest BCUT2D eigenvalue weighted by Crippen LogP contribution is 2.28. The lowest BCUT2D eigenvalue weighted by atomic mass is 10.2. The molecule has 0 aromatic heterocycles. The number of nitrogens with one attached hydrogen (secondary N) is 3. The summed E-state index contributed by atoms with van der Waals surface area (Å²) >= 11 is 18.1. The van der Waals surface area contributed by atoms with Gasteiger partial charge in [0.2, 0.25) is 0 Å². The monoisotopic (exact) mass is 623 g/mol. The highest BCUT2D eigenvalue weighted by molar-refractivity contribution is 7.93. The third-order valence-corrected chi connectivity index (χ3v) is 8.87. The van der Waals surface area contributed by atoms with Crippen LogP contribution in [0.3, 0.4) is 0 Å². The molecule has 0 unspecified atom stereocenters. The normalized spacial score (nSPS) is 11.6. The Balaban J connectivity index is 1.44. The summed E-state index contributed by atoms with van der Waals surface area (Å²) in [7, 11) is -7.82. The van der Waals surface area contributed by atoms with Crippen molar-refractivity contribution in [2.24, 2.45) is 0 Å². The van der Waals surface area contributed by atoms with Crippen LogP contribution in [0.5, 0.6) is 0 Å². The molecule has 0 bridgehead atoms. The first-order chi connectivity index (χ1) is 18.3. The molecule has 0 saturated heterocycles. The Morgan fingerprint density at radius 2 is 1.18 bits per heavy atom. The molecule has 0 heterocycles. The minimum Gasteiger partial charge on any atom is -0.322 e. The first kappa shape index (κ1) is 28.7. The van der Waals surface area contributed by atoms with E-state index in [4.69, 9.17) is 34.8 Å². The minimum atomic E-state index is -3.95. The molecule has 0 fully saturated rings. The molecule has 202 valence electrons. The second kappa shape index (κ2) is 11.4. The number of anilines is 3. The maximum Gasteiger partial charge on any atom is 0.261 e. The lowest BCUT2D eigenvalue weighted by Crippen LogP contribution is -2.15. The van der Waals surface area contributed by atoms with Crippen molar-refractivity contribution in [1.29, 1.82) is 0 Å². The van der Waals surface area contributed by atoms with Crippen LogP contribution in [0, 0.1) is 6.92 Å². The fraction of sp³-hybridized carbons (Fsp3) is 0.0385. The zero-order valence-corrected chi connectivity index (χ0v) is 24.0. The molecule has 8 nitrogen and oxygen atoms in total. The average Bonchev–Trinajstić information content (AvgIpc) is 2.85. The molecule has 0 aliphatic rings. The first-order valence-electron chi connectivity index (χ1n) is 11.1. The number of aryl methyl sites for hydroxylation is 1. The summed E-state index contributed by atoms with van der Waals surface area (Å²) in [5.41, 5.74) is 1.71. The smallest absolute Gasteiger partial charge is 0.261 e. The molecule has 0 saturated carbocycles. The minimum absolute atomic E-state index is 0.0203. The number of carbonyl (C=O) groups is 1. The van der Waals surface area contributed by atoms with Gasteiger partial charge in [-0.05, 0) is 79.7 Å². The Labute approximate surface area is 241 Å². The van der Waals surface area contributed by atoms with Crippen LogP contribution in [-0.2, 0) is 20.0 Å². The molecule has 0 spiro atoms. The number of benzene rings is 4. The van der Waals surface area contributed by atoms with E-state index in [1.807, 2.05) is 6.92 Å². The number of hydrogen-bond acceptors (Lipinski definition) is 5. The van der Waals surface area contributed by atoms with E-state index in [0.29, 0.717) is 5.69 Å². The van der Waals surface area contributed by atoms with Crippen molar-refractivity contribution in [3.8, 4) is 0 Å². The molecular formula is C26H20Cl3N3O5S2. The van der Waals surface area contributed by atoms with Gasteiger partial charge in [0.1, 0.15) is 0 Å². The summed E-state index contributed by atoms with van der Waals surface area (Å²) < 4.78 is 55.5. The van der Waals surface area contributed by atoms with Crippen LogP contribution in [0.15, 0.2) is 94.7 Å². The maximum absolute atomic E-state index is 12.7. The van der Waals surface area contributed by atoms with Crippen LogP contribution in [0.25, 0.3) is 0 Å². The zero-order valence-electron chi connectivity index (χ0n) is 20.1. The van der Waals surface area contributed by atoms with Crippen LogP contribution in [0.2, 0.25) is 15.1 Å². The molecule has 0 aliphatic heterocycles. The van der Waals surface area contributed by atoms with E-state index in [-0.39, 0.29) is 41.8 Å². The first-order valence-corrected chi connectivity index (χ1v) is 15.2. The van der Waals surface area contributed by atoms with E-state index in [1.165, 1.54) is 72.8 Å². The Morgan fingerprint density at radius 3 is 1.74 bits per heavy atom. The van der Waals surface area contributed by atoms with Crippen molar-refractivity contribution < 1.29 is 21.6 Å². The second-order valence-corrected chi connectivity index (χ2v) is 13.0. The van der Waals surface area contributed by atoms with Crippen LogP contribution < -0.4 is 14.8 Å². The van der Waals surface area contributed by atoms with E-state index in [2.05, 4.69) is 14.8 Å². The summed E-state index contributed by atoms with van der Waals surface area (Å²) in [6.45, 7) is 1.84. The quantitative estimate of drug-likeness (QED) is 0.199. The lowest BCUT2D eigenvalue weighted by Gasteiger charge is -2.12. The van der Waals surface area contributed by atoms with Gasteiger partial charge in [-0.2, -0.15) is 0 Å². The van der Waals surface area contributed by atoms with Gasteiger partial charge in [-0.15, -0.1) is 0 Å². The summed E-state index contributed by atoms with van der Waals surface area (Å²) in [6, 6.07) is 20.2. The molecule has 4 aromatic rings. The predicted molar refractivity (Wildman–Crippen MR) is 155 cm³/mol. The van der Waals surface area contributed by atoms with E-state index in [0.717, 1.165) is 5.56 Å². The number of carbonyl (C=O) groups excluding carboxylic acids is 1. The van der Waals surface area contributed by atoms with E-state index < -0.39 is 26.0 Å². The molecule has 4 rings (SSSR count). The van der Waals surface area contributed by atoms with Gasteiger partial charge in [0, 0.05) is 21.3 Å². The molecule has 1 amide bonds. The van der Waals surface area contributed by atoms with Crippen molar-refractivity contribution >= 4 is 77.8 Å². The Hall–Kier alpha value is -3.28. The van der Waals surface area contributed by atoms with Gasteiger partial charge in [-0.1, -0.05) is 52.5 Å². The fourth-order valence-electron chi connectivity index (χ4n) is 3.41. The number of amides is 1. The molecule has 13 heteroatoms. The molecule has 3 N–H and O–H groups in total. The third-order valence-electron chi connectivity index (χ3n) is 5.34. The van der Waals surface area contributed by atoms with Gasteiger partial charge in [0.25, 0.3) is 26.0 Å². The van der Waals surface area contributed by atoms with Crippen LogP contribution in [0.4, 0.5) is 17.1 Å². The number of rotatable bonds is 8. The van der Waals surface area contributed by atoms with Crippen molar-refractivity contribution in [2.75, 3.05) is 14.8 Å². The average molecular weight is 625 g/mol. The largest absolute Gasteiger partial charge is 0.322 e. The Kier molecular flexibility index (Phi) is 8.43. The van der Waals surface area contributed by atoms with Gasteiger partial charge in [-0.25, -0.2) is 16.8 Å². The van der Waals surface area contributed by atoms with Crippen molar-refractivity contribution in [2.45, 2.75) is 16.7 Å². The van der Waals surface area contributed by atoms with E-state index in [9.17, 15) is 21.6 Å². The third kappa shape index (κ3) is 7.23. The summed E-state index contributed by atoms with van der Waals surface area (Å²) in [5, 5.41) is 3.21. The van der Waals surface area contributed by atoms with Crippen LogP contribution in [0.1, 0.15) is 15.9 Å². The SMILES string of the molecule is Cc1ccc(S(=O)(=O)Nc2ccc(C(=O)Nc3ccc(S(=O)(=O)Nc4cc(Cl)cc(Cl)c4)cc3)cc2Cl)cc1. The molecule has 0 radical (unpaired) electrons. The zero-order chi connectivity index (χ0) is 28.4. The van der Waals surface area contributed by atoms with Crippen molar-refractivity contribution in [3.63, 3.8) is 0 Å². The van der Waals surface area contributed by atoms with Gasteiger partial charge in [0.05, 0.1) is 26.2 Å². The van der Waals surface area contributed by atoms with Gasteiger partial charge < -0.3 is 5.32 Å². The number of hydrogen-bond donors (Lipinski definition) is 3. The standard InChI is InChI=1S/C26H20Cl3N3O5S2/c1-16-2-7-22(8-3-16)39(36,37)32-25-11-4-17(12-24(25)29)26(33)30-20-5-9-23(10-6-20)38(34,35)31-21-14-18(27)13-19(28)15-21/h2-15,31-32H,1H3,(H,30,33). The summed E-state index contributed by atoms with van der Waals surface area (Å²) in [5.74, 6) is -0.535. The van der Waals surface area contributed by atoms with Gasteiger partial charge >= 0.3 is 0 Å². The lowest BCUT2D eigenvalue weighted by molar-refractivity contribution is 0.102. The predicted octanol–water partition coefficient (Wildman–Crippen LogP) is 6.81. The number of sulfonamides is 2. The molecule has 0 aliphatic carbocycles. The Bertz CT molecular complexity index is 1740.